The van der Waals surface area contributed by atoms with Crippen molar-refractivity contribution in [2.75, 3.05) is 25.1 Å². The van der Waals surface area contributed by atoms with Gasteiger partial charge in [-0.3, -0.25) is 0 Å². The lowest BCUT2D eigenvalue weighted by Crippen LogP contribution is -2.35. The SMILES string of the molecule is CCCS(=O)(=O)NCCNS(C)(=O)=O. The molecule has 0 radical (unpaired) electrons. The summed E-state index contributed by atoms with van der Waals surface area (Å²) in [6.07, 6.45) is 1.56. The summed E-state index contributed by atoms with van der Waals surface area (Å²) in [5.74, 6) is 0.0614. The van der Waals surface area contributed by atoms with E-state index in [9.17, 15) is 16.8 Å². The zero-order valence-corrected chi connectivity index (χ0v) is 9.91. The van der Waals surface area contributed by atoms with E-state index < -0.39 is 20.0 Å². The minimum absolute atomic E-state index is 0.0614. The van der Waals surface area contributed by atoms with Crippen molar-refractivity contribution in [2.45, 2.75) is 13.3 Å². The largest absolute Gasteiger partial charge is 0.214 e. The second-order valence-electron chi connectivity index (χ2n) is 2.88. The van der Waals surface area contributed by atoms with Gasteiger partial charge in [-0.05, 0) is 6.42 Å². The summed E-state index contributed by atoms with van der Waals surface area (Å²) < 4.78 is 47.8. The van der Waals surface area contributed by atoms with Crippen LogP contribution < -0.4 is 9.44 Å². The molecule has 0 aromatic heterocycles. The Hall–Kier alpha value is -0.180. The number of hydrogen-bond donors (Lipinski definition) is 2. The van der Waals surface area contributed by atoms with E-state index in [1.165, 1.54) is 0 Å². The minimum Gasteiger partial charge on any atom is -0.214 e. The van der Waals surface area contributed by atoms with E-state index in [4.69, 9.17) is 0 Å². The Bertz CT molecular complexity index is 346. The van der Waals surface area contributed by atoms with Crippen molar-refractivity contribution in [1.29, 1.82) is 0 Å². The van der Waals surface area contributed by atoms with Crippen LogP contribution in [0.4, 0.5) is 0 Å². The van der Waals surface area contributed by atoms with E-state index in [-0.39, 0.29) is 18.8 Å². The lowest BCUT2D eigenvalue weighted by Gasteiger charge is -2.05. The molecule has 14 heavy (non-hydrogen) atoms. The molecule has 0 rings (SSSR count). The molecule has 0 bridgehead atoms. The molecule has 8 heteroatoms. The number of rotatable bonds is 7. The number of hydrogen-bond acceptors (Lipinski definition) is 4. The van der Waals surface area contributed by atoms with Gasteiger partial charge in [0.2, 0.25) is 20.0 Å². The third-order valence-corrected chi connectivity index (χ3v) is 3.60. The van der Waals surface area contributed by atoms with Crippen LogP contribution in [0.3, 0.4) is 0 Å². The van der Waals surface area contributed by atoms with Gasteiger partial charge in [-0.1, -0.05) is 6.92 Å². The van der Waals surface area contributed by atoms with Gasteiger partial charge in [0.25, 0.3) is 0 Å². The zero-order valence-electron chi connectivity index (χ0n) is 8.28. The van der Waals surface area contributed by atoms with Crippen molar-refractivity contribution in [1.82, 2.24) is 9.44 Å². The molecule has 0 aliphatic rings. The lowest BCUT2D eigenvalue weighted by molar-refractivity contribution is 0.572. The Balaban J connectivity index is 3.76. The standard InChI is InChI=1S/C6H16N2O4S2/c1-3-6-14(11,12)8-5-4-7-13(2,9)10/h7-8H,3-6H2,1-2H3. The average Bonchev–Trinajstić information content (AvgIpc) is 1.96. The molecule has 2 N–H and O–H groups in total. The van der Waals surface area contributed by atoms with Crippen molar-refractivity contribution < 1.29 is 16.8 Å². The maximum Gasteiger partial charge on any atom is 0.211 e. The van der Waals surface area contributed by atoms with Crippen LogP contribution >= 0.6 is 0 Å². The normalized spacial score (nSPS) is 13.0. The van der Waals surface area contributed by atoms with Crippen LogP contribution in [-0.4, -0.2) is 41.9 Å². The Labute approximate surface area is 85.2 Å². The fourth-order valence-electron chi connectivity index (χ4n) is 0.784. The van der Waals surface area contributed by atoms with E-state index in [1.54, 1.807) is 6.92 Å². The highest BCUT2D eigenvalue weighted by molar-refractivity contribution is 7.89. The summed E-state index contributed by atoms with van der Waals surface area (Å²) in [5.41, 5.74) is 0. The predicted octanol–water partition coefficient (Wildman–Crippen LogP) is -1.13. The van der Waals surface area contributed by atoms with Gasteiger partial charge >= 0.3 is 0 Å². The third-order valence-electron chi connectivity index (χ3n) is 1.28. The first-order chi connectivity index (χ1) is 6.27. The highest BCUT2D eigenvalue weighted by atomic mass is 32.2. The van der Waals surface area contributed by atoms with E-state index in [1.807, 2.05) is 0 Å². The fourth-order valence-corrected chi connectivity index (χ4v) is 2.35. The summed E-state index contributed by atoms with van der Waals surface area (Å²) in [6, 6.07) is 0. The van der Waals surface area contributed by atoms with Crippen LogP contribution in [0.15, 0.2) is 0 Å². The van der Waals surface area contributed by atoms with Gasteiger partial charge in [0.1, 0.15) is 0 Å². The highest BCUT2D eigenvalue weighted by Gasteiger charge is 2.07. The molecule has 0 aliphatic carbocycles. The summed E-state index contributed by atoms with van der Waals surface area (Å²) in [7, 11) is -6.47. The quantitative estimate of drug-likeness (QED) is 0.554. The number of nitrogens with one attached hydrogen (secondary N) is 2. The molecule has 0 aliphatic heterocycles. The fraction of sp³-hybridized carbons (Fsp3) is 1.00. The molecular formula is C6H16N2O4S2. The maximum atomic E-state index is 11.1. The predicted molar refractivity (Wildman–Crippen MR) is 54.9 cm³/mol. The van der Waals surface area contributed by atoms with Gasteiger partial charge in [-0.15, -0.1) is 0 Å². The van der Waals surface area contributed by atoms with Gasteiger partial charge in [-0.25, -0.2) is 26.3 Å². The molecule has 0 atom stereocenters. The smallest absolute Gasteiger partial charge is 0.211 e. The van der Waals surface area contributed by atoms with Crippen molar-refractivity contribution >= 4 is 20.0 Å². The van der Waals surface area contributed by atoms with Crippen LogP contribution in [0, 0.1) is 0 Å². The zero-order chi connectivity index (χ0) is 11.2. The molecule has 6 nitrogen and oxygen atoms in total. The molecule has 0 unspecified atom stereocenters. The van der Waals surface area contributed by atoms with Crippen molar-refractivity contribution in [3.05, 3.63) is 0 Å². The first-order valence-electron chi connectivity index (χ1n) is 4.19. The summed E-state index contributed by atoms with van der Waals surface area (Å²) in [4.78, 5) is 0. The van der Waals surface area contributed by atoms with Gasteiger partial charge in [0.05, 0.1) is 12.0 Å². The van der Waals surface area contributed by atoms with Gasteiger partial charge < -0.3 is 0 Å². The molecular weight excluding hydrogens is 228 g/mol. The minimum atomic E-state index is -3.24. The molecule has 86 valence electrons. The van der Waals surface area contributed by atoms with Gasteiger partial charge in [0, 0.05) is 13.1 Å². The van der Waals surface area contributed by atoms with Crippen LogP contribution in [-0.2, 0) is 20.0 Å². The van der Waals surface area contributed by atoms with E-state index in [0.29, 0.717) is 6.42 Å². The van der Waals surface area contributed by atoms with Gasteiger partial charge in [-0.2, -0.15) is 0 Å². The summed E-state index contributed by atoms with van der Waals surface area (Å²) >= 11 is 0. The number of sulfonamides is 2. The van der Waals surface area contributed by atoms with Crippen LogP contribution in [0.1, 0.15) is 13.3 Å². The Morgan fingerprint density at radius 2 is 1.50 bits per heavy atom. The monoisotopic (exact) mass is 244 g/mol. The van der Waals surface area contributed by atoms with Crippen LogP contribution in [0.2, 0.25) is 0 Å². The molecule has 0 heterocycles. The van der Waals surface area contributed by atoms with Crippen molar-refractivity contribution in [2.24, 2.45) is 0 Å². The molecule has 0 saturated carbocycles. The first kappa shape index (κ1) is 13.8. The lowest BCUT2D eigenvalue weighted by atomic mass is 10.6. The first-order valence-corrected chi connectivity index (χ1v) is 7.73. The second-order valence-corrected chi connectivity index (χ2v) is 6.64. The summed E-state index contributed by atoms with van der Waals surface area (Å²) in [6.45, 7) is 1.91. The molecule has 0 saturated heterocycles. The highest BCUT2D eigenvalue weighted by Crippen LogP contribution is 1.86. The van der Waals surface area contributed by atoms with Crippen molar-refractivity contribution in [3.63, 3.8) is 0 Å². The Morgan fingerprint density at radius 1 is 1.00 bits per heavy atom. The van der Waals surface area contributed by atoms with Crippen LogP contribution in [0.25, 0.3) is 0 Å². The molecule has 0 aromatic rings. The molecule has 0 amide bonds. The topological polar surface area (TPSA) is 92.3 Å². The third kappa shape index (κ3) is 8.42. The van der Waals surface area contributed by atoms with E-state index >= 15 is 0 Å². The molecule has 0 fully saturated rings. The second kappa shape index (κ2) is 5.64. The van der Waals surface area contributed by atoms with Crippen LogP contribution in [0.5, 0.6) is 0 Å². The van der Waals surface area contributed by atoms with E-state index in [0.717, 1.165) is 6.26 Å². The van der Waals surface area contributed by atoms with Gasteiger partial charge in [0.15, 0.2) is 0 Å². The molecule has 0 spiro atoms. The Morgan fingerprint density at radius 3 is 1.93 bits per heavy atom. The van der Waals surface area contributed by atoms with E-state index in [2.05, 4.69) is 9.44 Å². The summed E-state index contributed by atoms with van der Waals surface area (Å²) in [5, 5.41) is 0. The maximum absolute atomic E-state index is 11.1. The average molecular weight is 244 g/mol. The van der Waals surface area contributed by atoms with Crippen molar-refractivity contribution in [3.8, 4) is 0 Å². The molecule has 0 aromatic carbocycles. The Kier molecular flexibility index (Phi) is 5.57.